The zero-order valence-corrected chi connectivity index (χ0v) is 20.4. The fourth-order valence-electron chi connectivity index (χ4n) is 3.01. The number of carboxylic acid groups (broad SMARTS) is 1. The molecule has 1 unspecified atom stereocenters. The number of thiophene rings is 1. The first kappa shape index (κ1) is 24.0. The van der Waals surface area contributed by atoms with Crippen LogP contribution in [-0.4, -0.2) is 54.6 Å². The molecule has 9 nitrogen and oxygen atoms in total. The molecule has 2 heterocycles. The van der Waals surface area contributed by atoms with Crippen molar-refractivity contribution in [2.24, 2.45) is 0 Å². The highest BCUT2D eigenvalue weighted by Gasteiger charge is 2.16. The number of halogens is 1. The molecule has 0 radical (unpaired) electrons. The molecule has 1 aromatic carbocycles. The summed E-state index contributed by atoms with van der Waals surface area (Å²) in [5.41, 5.74) is 0.738. The van der Waals surface area contributed by atoms with E-state index in [2.05, 4.69) is 54.9 Å². The normalized spacial score (nSPS) is 11.9. The average molecular weight is 525 g/mol. The van der Waals surface area contributed by atoms with Crippen molar-refractivity contribution in [3.63, 3.8) is 0 Å². The fraction of sp³-hybridized carbons (Fsp3) is 0.381. The van der Waals surface area contributed by atoms with Crippen molar-refractivity contribution in [3.05, 3.63) is 38.8 Å². The number of nitrogens with one attached hydrogen (secondary N) is 2. The summed E-state index contributed by atoms with van der Waals surface area (Å²) in [5, 5.41) is 17.1. The summed E-state index contributed by atoms with van der Waals surface area (Å²) in [7, 11) is 1.58. The Kier molecular flexibility index (Phi) is 8.48. The Bertz CT molecular complexity index is 1080. The molecule has 3 aromatic rings. The van der Waals surface area contributed by atoms with Crippen molar-refractivity contribution < 1.29 is 24.1 Å². The fourth-order valence-corrected chi connectivity index (χ4v) is 4.46. The predicted octanol–water partition coefficient (Wildman–Crippen LogP) is 4.61. The molecule has 0 fully saturated rings. The Hall–Kier alpha value is -2.63. The molecule has 172 valence electrons. The molecule has 3 rings (SSSR count). The van der Waals surface area contributed by atoms with Gasteiger partial charge < -0.3 is 30.0 Å². The maximum atomic E-state index is 10.4. The third-order valence-corrected chi connectivity index (χ3v) is 6.34. The topological polar surface area (TPSA) is 115 Å². The van der Waals surface area contributed by atoms with Gasteiger partial charge in [-0.3, -0.25) is 0 Å². The number of methoxy groups -OCH3 is 1. The number of rotatable bonds is 11. The van der Waals surface area contributed by atoms with Crippen LogP contribution in [0.15, 0.2) is 28.1 Å². The molecular weight excluding hydrogens is 500 g/mol. The molecule has 0 saturated heterocycles. The molecule has 2 aromatic heterocycles. The van der Waals surface area contributed by atoms with Crippen LogP contribution in [0.3, 0.4) is 0 Å². The van der Waals surface area contributed by atoms with Crippen LogP contribution in [0.5, 0.6) is 11.5 Å². The molecule has 32 heavy (non-hydrogen) atoms. The smallest absolute Gasteiger partial charge is 0.404 e. The van der Waals surface area contributed by atoms with Crippen molar-refractivity contribution in [2.45, 2.75) is 19.9 Å². The van der Waals surface area contributed by atoms with Gasteiger partial charge in [0, 0.05) is 32.7 Å². The van der Waals surface area contributed by atoms with Crippen LogP contribution in [0.1, 0.15) is 23.7 Å². The zero-order chi connectivity index (χ0) is 23.1. The second-order valence-corrected chi connectivity index (χ2v) is 8.72. The number of benzene rings is 1. The van der Waals surface area contributed by atoms with Gasteiger partial charge in [0.2, 0.25) is 0 Å². The van der Waals surface area contributed by atoms with E-state index < -0.39 is 6.09 Å². The van der Waals surface area contributed by atoms with Gasteiger partial charge in [-0.25, -0.2) is 14.8 Å². The molecule has 0 bridgehead atoms. The minimum atomic E-state index is -1.07. The van der Waals surface area contributed by atoms with Crippen LogP contribution in [0, 0.1) is 6.92 Å². The van der Waals surface area contributed by atoms with E-state index in [-0.39, 0.29) is 25.8 Å². The molecule has 1 atom stereocenters. The lowest BCUT2D eigenvalue weighted by Crippen LogP contribution is -2.25. The quantitative estimate of drug-likeness (QED) is 0.311. The van der Waals surface area contributed by atoms with E-state index in [0.717, 1.165) is 21.2 Å². The van der Waals surface area contributed by atoms with Gasteiger partial charge in [-0.1, -0.05) is 0 Å². The van der Waals surface area contributed by atoms with E-state index in [1.807, 2.05) is 19.1 Å². The highest BCUT2D eigenvalue weighted by atomic mass is 79.9. The average Bonchev–Trinajstić information content (AvgIpc) is 3.18. The molecule has 3 N–H and O–H groups in total. The van der Waals surface area contributed by atoms with Gasteiger partial charge in [0.1, 0.15) is 18.2 Å². The molecule has 0 spiro atoms. The Balaban J connectivity index is 1.72. The van der Waals surface area contributed by atoms with Gasteiger partial charge >= 0.3 is 6.09 Å². The molecule has 1 amide bonds. The molecule has 0 saturated carbocycles. The summed E-state index contributed by atoms with van der Waals surface area (Å²) in [4.78, 5) is 20.8. The Morgan fingerprint density at radius 2 is 2.03 bits per heavy atom. The number of fused-ring (bicyclic) bond motifs is 1. The van der Waals surface area contributed by atoms with Crippen LogP contribution in [0.25, 0.3) is 10.9 Å². The number of aryl methyl sites for hydroxylation is 1. The van der Waals surface area contributed by atoms with E-state index in [9.17, 15) is 4.79 Å². The summed E-state index contributed by atoms with van der Waals surface area (Å²) >= 11 is 5.17. The van der Waals surface area contributed by atoms with E-state index in [4.69, 9.17) is 19.3 Å². The lowest BCUT2D eigenvalue weighted by atomic mass is 10.2. The number of carbonyl (C=O) groups is 1. The maximum Gasteiger partial charge on any atom is 0.404 e. The minimum absolute atomic E-state index is 0.0680. The standard InChI is InChI=1S/C21H25BrN4O5S/c1-12(19-8-14(22)11-32-19)24-20-15-9-17(29-3)18(10-16(15)25-13(2)26-20)31-7-6-30-5-4-23-21(27)28/h8-12,23H,4-7H2,1-3H3,(H,27,28)(H,24,25,26). The summed E-state index contributed by atoms with van der Waals surface area (Å²) in [5.74, 6) is 2.48. The van der Waals surface area contributed by atoms with Crippen LogP contribution in [-0.2, 0) is 4.74 Å². The van der Waals surface area contributed by atoms with E-state index >= 15 is 0 Å². The van der Waals surface area contributed by atoms with Gasteiger partial charge in [0.25, 0.3) is 0 Å². The summed E-state index contributed by atoms with van der Waals surface area (Å²) < 4.78 is 17.8. The number of amides is 1. The van der Waals surface area contributed by atoms with Crippen molar-refractivity contribution in [3.8, 4) is 11.5 Å². The van der Waals surface area contributed by atoms with Crippen LogP contribution >= 0.6 is 27.3 Å². The predicted molar refractivity (Wildman–Crippen MR) is 127 cm³/mol. The van der Waals surface area contributed by atoms with Gasteiger partial charge in [-0.15, -0.1) is 11.3 Å². The Morgan fingerprint density at radius 1 is 1.22 bits per heavy atom. The first-order valence-corrected chi connectivity index (χ1v) is 11.6. The van der Waals surface area contributed by atoms with E-state index in [1.165, 1.54) is 4.88 Å². The first-order chi connectivity index (χ1) is 15.4. The second-order valence-electron chi connectivity index (χ2n) is 6.87. The summed E-state index contributed by atoms with van der Waals surface area (Å²) in [6.45, 7) is 5.02. The van der Waals surface area contributed by atoms with Gasteiger partial charge in [0.05, 0.1) is 31.9 Å². The number of hydrogen-bond donors (Lipinski definition) is 3. The van der Waals surface area contributed by atoms with Crippen molar-refractivity contribution >= 4 is 50.1 Å². The first-order valence-electron chi connectivity index (χ1n) is 9.91. The molecule has 11 heteroatoms. The van der Waals surface area contributed by atoms with Crippen molar-refractivity contribution in [1.29, 1.82) is 0 Å². The number of hydrogen-bond acceptors (Lipinski definition) is 8. The molecular formula is C21H25BrN4O5S. The van der Waals surface area contributed by atoms with Crippen LogP contribution < -0.4 is 20.1 Å². The monoisotopic (exact) mass is 524 g/mol. The van der Waals surface area contributed by atoms with Crippen molar-refractivity contribution in [2.75, 3.05) is 38.8 Å². The zero-order valence-electron chi connectivity index (χ0n) is 18.0. The third-order valence-electron chi connectivity index (χ3n) is 4.47. The largest absolute Gasteiger partial charge is 0.493 e. The van der Waals surface area contributed by atoms with Gasteiger partial charge in [0.15, 0.2) is 11.5 Å². The van der Waals surface area contributed by atoms with Gasteiger partial charge in [-0.05, 0) is 41.9 Å². The highest BCUT2D eigenvalue weighted by molar-refractivity contribution is 9.10. The number of aromatic nitrogens is 2. The summed E-state index contributed by atoms with van der Waals surface area (Å²) in [6.07, 6.45) is -1.07. The maximum absolute atomic E-state index is 10.4. The Morgan fingerprint density at radius 3 is 2.72 bits per heavy atom. The Labute approximate surface area is 198 Å². The van der Waals surface area contributed by atoms with E-state index in [0.29, 0.717) is 23.9 Å². The molecule has 0 aliphatic heterocycles. The van der Waals surface area contributed by atoms with Crippen LogP contribution in [0.2, 0.25) is 0 Å². The molecule has 0 aliphatic rings. The van der Waals surface area contributed by atoms with Gasteiger partial charge in [-0.2, -0.15) is 0 Å². The number of anilines is 1. The lowest BCUT2D eigenvalue weighted by Gasteiger charge is -2.17. The van der Waals surface area contributed by atoms with Crippen LogP contribution in [0.4, 0.5) is 10.6 Å². The third kappa shape index (κ3) is 6.44. The lowest BCUT2D eigenvalue weighted by molar-refractivity contribution is 0.0998. The highest BCUT2D eigenvalue weighted by Crippen LogP contribution is 2.36. The molecule has 0 aliphatic carbocycles. The number of ether oxygens (including phenoxy) is 3. The SMILES string of the molecule is COc1cc2c(NC(C)c3cc(Br)cs3)nc(C)nc2cc1OCCOCCNC(=O)O. The summed E-state index contributed by atoms with van der Waals surface area (Å²) in [6, 6.07) is 5.84. The minimum Gasteiger partial charge on any atom is -0.493 e. The van der Waals surface area contributed by atoms with E-state index in [1.54, 1.807) is 18.4 Å². The second kappa shape index (κ2) is 11.3. The number of nitrogens with zero attached hydrogens (tertiary/aromatic N) is 2. The van der Waals surface area contributed by atoms with Crippen molar-refractivity contribution in [1.82, 2.24) is 15.3 Å².